The van der Waals surface area contributed by atoms with Crippen LogP contribution < -0.4 is 5.73 Å². The largest absolute Gasteiger partial charge is 0.399 e. The number of nitrogen functional groups attached to an aromatic ring is 1. The van der Waals surface area contributed by atoms with Crippen LogP contribution in [0.25, 0.3) is 11.4 Å². The predicted molar refractivity (Wildman–Crippen MR) is 64.3 cm³/mol. The molecule has 0 radical (unpaired) electrons. The molecule has 0 aliphatic heterocycles. The molecule has 2 N–H and O–H groups in total. The minimum Gasteiger partial charge on any atom is -0.399 e. The fraction of sp³-hybridized carbons (Fsp3) is 0.364. The van der Waals surface area contributed by atoms with E-state index in [-0.39, 0.29) is 0 Å². The lowest BCUT2D eigenvalue weighted by Crippen LogP contribution is -2.08. The Bertz CT molecular complexity index is 508. The highest BCUT2D eigenvalue weighted by atomic mass is 16.5. The first-order chi connectivity index (χ1) is 8.22. The highest BCUT2D eigenvalue weighted by molar-refractivity contribution is 5.63. The van der Waals surface area contributed by atoms with E-state index in [0.29, 0.717) is 13.2 Å². The van der Waals surface area contributed by atoms with E-state index in [9.17, 15) is 0 Å². The molecule has 0 saturated heterocycles. The van der Waals surface area contributed by atoms with Gasteiger partial charge in [0, 0.05) is 18.4 Å². The van der Waals surface area contributed by atoms with E-state index in [2.05, 4.69) is 15.5 Å². The smallest absolute Gasteiger partial charge is 0.182 e. The Morgan fingerprint density at radius 1 is 1.41 bits per heavy atom. The molecule has 0 atom stereocenters. The van der Waals surface area contributed by atoms with Crippen molar-refractivity contribution < 1.29 is 4.74 Å². The van der Waals surface area contributed by atoms with Crippen LogP contribution >= 0.6 is 0 Å². The number of hydrogen-bond acceptors (Lipinski definition) is 5. The quantitative estimate of drug-likeness (QED) is 0.793. The molecule has 17 heavy (non-hydrogen) atoms. The molecule has 6 nitrogen and oxygen atoms in total. The first-order valence-corrected chi connectivity index (χ1v) is 5.34. The molecule has 1 aromatic heterocycles. The summed E-state index contributed by atoms with van der Waals surface area (Å²) in [6.45, 7) is 3.19. The van der Waals surface area contributed by atoms with Crippen molar-refractivity contribution in [3.63, 3.8) is 0 Å². The van der Waals surface area contributed by atoms with Crippen LogP contribution in [-0.2, 0) is 11.3 Å². The van der Waals surface area contributed by atoms with Crippen LogP contribution in [0.3, 0.4) is 0 Å². The normalized spacial score (nSPS) is 10.7. The molecule has 0 amide bonds. The van der Waals surface area contributed by atoms with Gasteiger partial charge < -0.3 is 10.5 Å². The van der Waals surface area contributed by atoms with Crippen molar-refractivity contribution in [2.45, 2.75) is 13.5 Å². The van der Waals surface area contributed by atoms with Gasteiger partial charge in [0.2, 0.25) is 0 Å². The molecule has 0 fully saturated rings. The zero-order valence-electron chi connectivity index (χ0n) is 9.92. The van der Waals surface area contributed by atoms with E-state index in [4.69, 9.17) is 10.5 Å². The summed E-state index contributed by atoms with van der Waals surface area (Å²) in [4.78, 5) is 0. The number of ether oxygens (including phenoxy) is 1. The maximum absolute atomic E-state index is 5.72. The summed E-state index contributed by atoms with van der Waals surface area (Å²) >= 11 is 0. The van der Waals surface area contributed by atoms with Crippen LogP contribution in [0.1, 0.15) is 5.56 Å². The maximum Gasteiger partial charge on any atom is 0.182 e. The zero-order chi connectivity index (χ0) is 12.3. The number of anilines is 1. The number of rotatable bonds is 4. The summed E-state index contributed by atoms with van der Waals surface area (Å²) in [5.74, 6) is 0.736. The standard InChI is InChI=1S/C11H15N5O/c1-8-7-9(12)3-4-10(8)11-13-14-15-16(11)5-6-17-2/h3-4,7H,5-6,12H2,1-2H3. The van der Waals surface area contributed by atoms with E-state index < -0.39 is 0 Å². The highest BCUT2D eigenvalue weighted by Gasteiger charge is 2.10. The molecule has 0 saturated carbocycles. The summed E-state index contributed by atoms with van der Waals surface area (Å²) in [6.07, 6.45) is 0. The molecule has 2 rings (SSSR count). The molecule has 90 valence electrons. The molecule has 1 heterocycles. The van der Waals surface area contributed by atoms with Gasteiger partial charge in [-0.2, -0.15) is 0 Å². The first-order valence-electron chi connectivity index (χ1n) is 5.34. The topological polar surface area (TPSA) is 78.8 Å². The van der Waals surface area contributed by atoms with Gasteiger partial charge in [-0.05, 0) is 41.1 Å². The molecule has 1 aromatic carbocycles. The Labute approximate surface area is 99.4 Å². The van der Waals surface area contributed by atoms with Crippen molar-refractivity contribution in [1.82, 2.24) is 20.2 Å². The zero-order valence-corrected chi connectivity index (χ0v) is 9.92. The number of benzene rings is 1. The lowest BCUT2D eigenvalue weighted by molar-refractivity contribution is 0.183. The summed E-state index contributed by atoms with van der Waals surface area (Å²) in [5, 5.41) is 11.7. The first kappa shape index (κ1) is 11.5. The Hall–Kier alpha value is -1.95. The van der Waals surface area contributed by atoms with Crippen molar-refractivity contribution in [2.24, 2.45) is 0 Å². The predicted octanol–water partition coefficient (Wildman–Crippen LogP) is 0.877. The summed E-state index contributed by atoms with van der Waals surface area (Å²) < 4.78 is 6.74. The second-order valence-electron chi connectivity index (χ2n) is 3.79. The van der Waals surface area contributed by atoms with Gasteiger partial charge in [-0.15, -0.1) is 5.10 Å². The second kappa shape index (κ2) is 4.92. The average molecular weight is 233 g/mol. The average Bonchev–Trinajstić information content (AvgIpc) is 2.74. The summed E-state index contributed by atoms with van der Waals surface area (Å²) in [5.41, 5.74) is 8.50. The van der Waals surface area contributed by atoms with Gasteiger partial charge in [0.15, 0.2) is 5.82 Å². The van der Waals surface area contributed by atoms with Crippen LogP contribution in [-0.4, -0.2) is 33.9 Å². The number of nitrogens with zero attached hydrogens (tertiary/aromatic N) is 4. The lowest BCUT2D eigenvalue weighted by atomic mass is 10.1. The van der Waals surface area contributed by atoms with Crippen LogP contribution in [0.4, 0.5) is 5.69 Å². The molecule has 0 spiro atoms. The van der Waals surface area contributed by atoms with E-state index >= 15 is 0 Å². The molecule has 2 aromatic rings. The Balaban J connectivity index is 2.35. The van der Waals surface area contributed by atoms with Gasteiger partial charge >= 0.3 is 0 Å². The van der Waals surface area contributed by atoms with Crippen LogP contribution in [0.2, 0.25) is 0 Å². The molecule has 0 unspecified atom stereocenters. The number of aromatic nitrogens is 4. The second-order valence-corrected chi connectivity index (χ2v) is 3.79. The Morgan fingerprint density at radius 3 is 2.94 bits per heavy atom. The Morgan fingerprint density at radius 2 is 2.24 bits per heavy atom. The van der Waals surface area contributed by atoms with Gasteiger partial charge in [0.25, 0.3) is 0 Å². The van der Waals surface area contributed by atoms with Crippen molar-refractivity contribution in [3.8, 4) is 11.4 Å². The SMILES string of the molecule is COCCn1nnnc1-c1ccc(N)cc1C. The van der Waals surface area contributed by atoms with E-state index in [0.717, 1.165) is 22.6 Å². The Kier molecular flexibility index (Phi) is 3.34. The fourth-order valence-electron chi connectivity index (χ4n) is 1.66. The third-order valence-corrected chi connectivity index (χ3v) is 2.53. The van der Waals surface area contributed by atoms with Crippen molar-refractivity contribution in [2.75, 3.05) is 19.5 Å². The molecule has 0 aliphatic carbocycles. The fourth-order valence-corrected chi connectivity index (χ4v) is 1.66. The van der Waals surface area contributed by atoms with Crippen molar-refractivity contribution >= 4 is 5.69 Å². The van der Waals surface area contributed by atoms with Crippen molar-refractivity contribution in [3.05, 3.63) is 23.8 Å². The van der Waals surface area contributed by atoms with E-state index in [1.165, 1.54) is 0 Å². The number of hydrogen-bond donors (Lipinski definition) is 1. The molecular weight excluding hydrogens is 218 g/mol. The van der Waals surface area contributed by atoms with Gasteiger partial charge in [-0.3, -0.25) is 0 Å². The number of nitrogens with two attached hydrogens (primary N) is 1. The van der Waals surface area contributed by atoms with E-state index in [1.54, 1.807) is 11.8 Å². The summed E-state index contributed by atoms with van der Waals surface area (Å²) in [6, 6.07) is 5.68. The molecule has 0 bridgehead atoms. The van der Waals surface area contributed by atoms with Gasteiger partial charge in [0.1, 0.15) is 0 Å². The highest BCUT2D eigenvalue weighted by Crippen LogP contribution is 2.22. The van der Waals surface area contributed by atoms with E-state index in [1.807, 2.05) is 25.1 Å². The van der Waals surface area contributed by atoms with Crippen LogP contribution in [0, 0.1) is 6.92 Å². The molecule has 6 heteroatoms. The minimum absolute atomic E-state index is 0.575. The van der Waals surface area contributed by atoms with Crippen LogP contribution in [0.15, 0.2) is 18.2 Å². The summed E-state index contributed by atoms with van der Waals surface area (Å²) in [7, 11) is 1.65. The van der Waals surface area contributed by atoms with Gasteiger partial charge in [0.05, 0.1) is 13.2 Å². The monoisotopic (exact) mass is 233 g/mol. The molecular formula is C11H15N5O. The number of methoxy groups -OCH3 is 1. The third kappa shape index (κ3) is 2.42. The maximum atomic E-state index is 5.72. The van der Waals surface area contributed by atoms with Crippen molar-refractivity contribution in [1.29, 1.82) is 0 Å². The van der Waals surface area contributed by atoms with Gasteiger partial charge in [-0.25, -0.2) is 4.68 Å². The van der Waals surface area contributed by atoms with Gasteiger partial charge in [-0.1, -0.05) is 0 Å². The minimum atomic E-state index is 0.575. The van der Waals surface area contributed by atoms with Crippen LogP contribution in [0.5, 0.6) is 0 Å². The molecule has 0 aliphatic rings. The lowest BCUT2D eigenvalue weighted by Gasteiger charge is -2.07. The third-order valence-electron chi connectivity index (χ3n) is 2.53. The number of tetrazole rings is 1. The number of aryl methyl sites for hydroxylation is 1.